The number of rotatable bonds is 3. The maximum atomic E-state index is 4.96. The van der Waals surface area contributed by atoms with Gasteiger partial charge >= 0.3 is 0 Å². The van der Waals surface area contributed by atoms with Gasteiger partial charge in [-0.25, -0.2) is 15.0 Å². The first-order valence-corrected chi connectivity index (χ1v) is 10.4. The second-order valence-corrected chi connectivity index (χ2v) is 10.0. The van der Waals surface area contributed by atoms with Gasteiger partial charge in [0.1, 0.15) is 11.6 Å². The minimum absolute atomic E-state index is 0.0513. The third-order valence-electron chi connectivity index (χ3n) is 5.82. The van der Waals surface area contributed by atoms with E-state index in [1.54, 1.807) is 0 Å². The second-order valence-electron chi connectivity index (χ2n) is 10.0. The Morgan fingerprint density at radius 2 is 1.86 bits per heavy atom. The summed E-state index contributed by atoms with van der Waals surface area (Å²) in [4.78, 5) is 19.2. The minimum Gasteiger partial charge on any atom is -0.373 e. The van der Waals surface area contributed by atoms with E-state index in [-0.39, 0.29) is 16.9 Å². The molecule has 2 aliphatic carbocycles. The summed E-state index contributed by atoms with van der Waals surface area (Å²) in [7, 11) is 1.94. The number of nitrogens with zero attached hydrogens (tertiary/aromatic N) is 4. The molecular formula is C22H32N6. The summed E-state index contributed by atoms with van der Waals surface area (Å²) in [6, 6.07) is 0.122. The highest BCUT2D eigenvalue weighted by molar-refractivity contribution is 5.52. The van der Waals surface area contributed by atoms with Crippen LogP contribution in [0.4, 0.5) is 11.8 Å². The van der Waals surface area contributed by atoms with Gasteiger partial charge in [0, 0.05) is 35.5 Å². The van der Waals surface area contributed by atoms with Crippen molar-refractivity contribution >= 4 is 11.8 Å². The Bertz CT molecular complexity index is 897. The molecule has 6 nitrogen and oxygen atoms in total. The Kier molecular flexibility index (Phi) is 4.55. The van der Waals surface area contributed by atoms with Crippen LogP contribution in [0.1, 0.15) is 81.8 Å². The van der Waals surface area contributed by atoms with Crippen LogP contribution in [0, 0.1) is 5.41 Å². The van der Waals surface area contributed by atoms with Crippen molar-refractivity contribution in [2.75, 3.05) is 17.7 Å². The second kappa shape index (κ2) is 6.68. The SMILES string of the molecule is CNc1nc(NC2CC(C)(C)Cc3nc(C(C)(C)C)ncc32)nc2c1CCC2. The van der Waals surface area contributed by atoms with Crippen LogP contribution < -0.4 is 10.6 Å². The molecule has 150 valence electrons. The average Bonchev–Trinajstić information content (AvgIpc) is 3.07. The third-order valence-corrected chi connectivity index (χ3v) is 5.82. The van der Waals surface area contributed by atoms with Crippen molar-refractivity contribution < 1.29 is 0 Å². The van der Waals surface area contributed by atoms with Gasteiger partial charge in [-0.3, -0.25) is 0 Å². The summed E-state index contributed by atoms with van der Waals surface area (Å²) in [6.45, 7) is 11.1. The van der Waals surface area contributed by atoms with Gasteiger partial charge in [0.05, 0.1) is 11.7 Å². The minimum atomic E-state index is -0.0513. The molecule has 0 radical (unpaired) electrons. The predicted molar refractivity (Wildman–Crippen MR) is 113 cm³/mol. The lowest BCUT2D eigenvalue weighted by molar-refractivity contribution is 0.284. The first-order chi connectivity index (χ1) is 13.2. The maximum Gasteiger partial charge on any atom is 0.225 e. The molecule has 0 saturated heterocycles. The summed E-state index contributed by atoms with van der Waals surface area (Å²) in [5.41, 5.74) is 4.90. The number of nitrogens with one attached hydrogen (secondary N) is 2. The van der Waals surface area contributed by atoms with Gasteiger partial charge in [-0.2, -0.15) is 4.98 Å². The van der Waals surface area contributed by atoms with Crippen molar-refractivity contribution in [1.82, 2.24) is 19.9 Å². The molecule has 2 N–H and O–H groups in total. The highest BCUT2D eigenvalue weighted by Crippen LogP contribution is 2.42. The van der Waals surface area contributed by atoms with Gasteiger partial charge in [-0.05, 0) is 37.5 Å². The van der Waals surface area contributed by atoms with Crippen LogP contribution in [0.3, 0.4) is 0 Å². The van der Waals surface area contributed by atoms with Crippen LogP contribution in [0.15, 0.2) is 6.20 Å². The molecule has 0 amide bonds. The van der Waals surface area contributed by atoms with Gasteiger partial charge < -0.3 is 10.6 Å². The van der Waals surface area contributed by atoms with E-state index in [2.05, 4.69) is 45.3 Å². The first-order valence-electron chi connectivity index (χ1n) is 10.4. The van der Waals surface area contributed by atoms with Gasteiger partial charge in [-0.15, -0.1) is 0 Å². The lowest BCUT2D eigenvalue weighted by Crippen LogP contribution is -2.32. The molecule has 2 heterocycles. The predicted octanol–water partition coefficient (Wildman–Crippen LogP) is 4.22. The van der Waals surface area contributed by atoms with E-state index in [4.69, 9.17) is 19.9 Å². The molecule has 0 bridgehead atoms. The molecule has 6 heteroatoms. The van der Waals surface area contributed by atoms with Crippen molar-refractivity contribution in [1.29, 1.82) is 0 Å². The molecule has 1 unspecified atom stereocenters. The van der Waals surface area contributed by atoms with Crippen molar-refractivity contribution in [3.05, 3.63) is 34.5 Å². The lowest BCUT2D eigenvalue weighted by Gasteiger charge is -2.37. The maximum absolute atomic E-state index is 4.96. The Labute approximate surface area is 168 Å². The van der Waals surface area contributed by atoms with E-state index in [1.807, 2.05) is 13.2 Å². The zero-order valence-corrected chi connectivity index (χ0v) is 18.0. The summed E-state index contributed by atoms with van der Waals surface area (Å²) < 4.78 is 0. The van der Waals surface area contributed by atoms with Crippen LogP contribution >= 0.6 is 0 Å². The number of anilines is 2. The molecule has 1 atom stereocenters. The molecule has 0 saturated carbocycles. The number of hydrogen-bond acceptors (Lipinski definition) is 6. The Balaban J connectivity index is 1.70. The average molecular weight is 381 g/mol. The van der Waals surface area contributed by atoms with Crippen molar-refractivity contribution in [3.8, 4) is 0 Å². The fourth-order valence-corrected chi connectivity index (χ4v) is 4.40. The zero-order valence-electron chi connectivity index (χ0n) is 18.0. The normalized spacial score (nSPS) is 20.4. The van der Waals surface area contributed by atoms with Crippen LogP contribution in [0.25, 0.3) is 0 Å². The monoisotopic (exact) mass is 380 g/mol. The van der Waals surface area contributed by atoms with E-state index < -0.39 is 0 Å². The summed E-state index contributed by atoms with van der Waals surface area (Å²) >= 11 is 0. The standard InChI is InChI=1S/C22H32N6/c1-21(2,3)19-24-12-14-16(25-19)10-22(4,5)11-17(14)27-20-26-15-9-7-8-13(15)18(23-6)28-20/h12,17H,7-11H2,1-6H3,(H2,23,26,27,28). The van der Waals surface area contributed by atoms with Gasteiger partial charge in [0.2, 0.25) is 5.95 Å². The van der Waals surface area contributed by atoms with Gasteiger partial charge in [0.15, 0.2) is 0 Å². The Morgan fingerprint density at radius 1 is 1.07 bits per heavy atom. The number of aromatic nitrogens is 4. The Morgan fingerprint density at radius 3 is 2.57 bits per heavy atom. The highest BCUT2D eigenvalue weighted by Gasteiger charge is 2.35. The van der Waals surface area contributed by atoms with Crippen LogP contribution in [-0.2, 0) is 24.7 Å². The molecule has 2 aromatic rings. The van der Waals surface area contributed by atoms with Gasteiger partial charge in [-0.1, -0.05) is 34.6 Å². The summed E-state index contributed by atoms with van der Waals surface area (Å²) in [5.74, 6) is 2.58. The molecule has 4 rings (SSSR count). The largest absolute Gasteiger partial charge is 0.373 e. The Hall–Kier alpha value is -2.24. The molecule has 0 aliphatic heterocycles. The first kappa shape index (κ1) is 19.1. The zero-order chi connectivity index (χ0) is 20.1. The van der Waals surface area contributed by atoms with Crippen LogP contribution in [0.2, 0.25) is 0 Å². The fraction of sp³-hybridized carbons (Fsp3) is 0.636. The molecule has 28 heavy (non-hydrogen) atoms. The molecular weight excluding hydrogens is 348 g/mol. The van der Waals surface area contributed by atoms with Crippen LogP contribution in [0.5, 0.6) is 0 Å². The topological polar surface area (TPSA) is 75.6 Å². The van der Waals surface area contributed by atoms with E-state index in [0.717, 1.165) is 49.4 Å². The van der Waals surface area contributed by atoms with E-state index in [9.17, 15) is 0 Å². The smallest absolute Gasteiger partial charge is 0.225 e. The molecule has 0 aromatic carbocycles. The molecule has 2 aliphatic rings. The quantitative estimate of drug-likeness (QED) is 0.830. The summed E-state index contributed by atoms with van der Waals surface area (Å²) in [5, 5.41) is 6.86. The van der Waals surface area contributed by atoms with E-state index in [1.165, 1.54) is 16.8 Å². The molecule has 0 spiro atoms. The fourth-order valence-electron chi connectivity index (χ4n) is 4.40. The highest BCUT2D eigenvalue weighted by atomic mass is 15.2. The van der Waals surface area contributed by atoms with E-state index >= 15 is 0 Å². The van der Waals surface area contributed by atoms with Gasteiger partial charge in [0.25, 0.3) is 0 Å². The van der Waals surface area contributed by atoms with Crippen molar-refractivity contribution in [3.63, 3.8) is 0 Å². The van der Waals surface area contributed by atoms with Crippen molar-refractivity contribution in [2.24, 2.45) is 5.41 Å². The lowest BCUT2D eigenvalue weighted by atomic mass is 9.74. The molecule has 0 fully saturated rings. The summed E-state index contributed by atoms with van der Waals surface area (Å²) in [6.07, 6.45) is 7.25. The molecule has 2 aromatic heterocycles. The van der Waals surface area contributed by atoms with E-state index in [0.29, 0.717) is 5.95 Å². The third kappa shape index (κ3) is 3.56. The number of hydrogen-bond donors (Lipinski definition) is 2. The van der Waals surface area contributed by atoms with Crippen LogP contribution in [-0.4, -0.2) is 27.0 Å². The number of aryl methyl sites for hydroxylation is 1. The van der Waals surface area contributed by atoms with Crippen molar-refractivity contribution in [2.45, 2.75) is 78.2 Å². The number of fused-ring (bicyclic) bond motifs is 2.